The maximum absolute atomic E-state index is 6.25. The Balaban J connectivity index is 1.73. The average molecular weight is 275 g/mol. The summed E-state index contributed by atoms with van der Waals surface area (Å²) in [6.07, 6.45) is 7.26. The fourth-order valence-electron chi connectivity index (χ4n) is 3.61. The van der Waals surface area contributed by atoms with Crippen molar-refractivity contribution in [3.8, 4) is 5.75 Å². The summed E-state index contributed by atoms with van der Waals surface area (Å²) in [6, 6.07) is 4.08. The molecule has 1 saturated heterocycles. The number of hydrogen-bond donors (Lipinski definition) is 1. The summed E-state index contributed by atoms with van der Waals surface area (Å²) in [5, 5.41) is 0. The van der Waals surface area contributed by atoms with E-state index in [1.54, 1.807) is 0 Å². The molecule has 20 heavy (non-hydrogen) atoms. The number of rotatable bonds is 2. The average Bonchev–Trinajstić information content (AvgIpc) is 2.84. The van der Waals surface area contributed by atoms with Gasteiger partial charge in [0, 0.05) is 24.6 Å². The van der Waals surface area contributed by atoms with E-state index in [2.05, 4.69) is 13.0 Å². The van der Waals surface area contributed by atoms with Crippen molar-refractivity contribution in [1.82, 2.24) is 0 Å². The summed E-state index contributed by atoms with van der Waals surface area (Å²) in [7, 11) is 0. The minimum absolute atomic E-state index is 0.104. The Kier molecular flexibility index (Phi) is 3.63. The first-order valence-corrected chi connectivity index (χ1v) is 7.75. The fraction of sp³-hybridized carbons (Fsp3) is 0.647. The lowest BCUT2D eigenvalue weighted by Crippen LogP contribution is -2.41. The van der Waals surface area contributed by atoms with E-state index < -0.39 is 0 Å². The van der Waals surface area contributed by atoms with Crippen molar-refractivity contribution in [3.05, 3.63) is 23.3 Å². The summed E-state index contributed by atoms with van der Waals surface area (Å²) in [5.41, 5.74) is 9.21. The first kappa shape index (κ1) is 13.7. The number of anilines is 1. The predicted octanol–water partition coefficient (Wildman–Crippen LogP) is 3.76. The van der Waals surface area contributed by atoms with E-state index in [0.29, 0.717) is 0 Å². The lowest BCUT2D eigenvalue weighted by atomic mass is 9.90. The molecule has 1 atom stereocenters. The van der Waals surface area contributed by atoms with Crippen LogP contribution in [0, 0.1) is 13.8 Å². The summed E-state index contributed by atoms with van der Waals surface area (Å²) in [4.78, 5) is 0. The third kappa shape index (κ3) is 2.64. The van der Waals surface area contributed by atoms with Crippen LogP contribution in [0.5, 0.6) is 5.75 Å². The van der Waals surface area contributed by atoms with E-state index in [4.69, 9.17) is 15.2 Å². The zero-order chi connectivity index (χ0) is 14.2. The maximum atomic E-state index is 6.25. The van der Waals surface area contributed by atoms with Crippen LogP contribution in [0.1, 0.15) is 49.7 Å². The largest absolute Gasteiger partial charge is 0.490 e. The molecule has 3 heteroatoms. The quantitative estimate of drug-likeness (QED) is 0.836. The Morgan fingerprint density at radius 3 is 2.70 bits per heavy atom. The van der Waals surface area contributed by atoms with Crippen LogP contribution >= 0.6 is 0 Å². The molecule has 0 amide bonds. The summed E-state index contributed by atoms with van der Waals surface area (Å²) in [5.74, 6) is 0.938. The Labute approximate surface area is 121 Å². The molecule has 1 heterocycles. The highest BCUT2D eigenvalue weighted by Gasteiger charge is 2.40. The fourth-order valence-corrected chi connectivity index (χ4v) is 3.61. The minimum Gasteiger partial charge on any atom is -0.490 e. The number of hydrogen-bond acceptors (Lipinski definition) is 3. The molecule has 3 rings (SSSR count). The van der Waals surface area contributed by atoms with Crippen molar-refractivity contribution in [2.24, 2.45) is 0 Å². The van der Waals surface area contributed by atoms with Gasteiger partial charge in [-0.05, 0) is 37.8 Å². The van der Waals surface area contributed by atoms with E-state index in [9.17, 15) is 0 Å². The van der Waals surface area contributed by atoms with Crippen molar-refractivity contribution in [2.45, 2.75) is 64.1 Å². The highest BCUT2D eigenvalue weighted by Crippen LogP contribution is 2.41. The van der Waals surface area contributed by atoms with Crippen LogP contribution in [0.25, 0.3) is 0 Å². The molecule has 3 nitrogen and oxygen atoms in total. The van der Waals surface area contributed by atoms with Gasteiger partial charge in [0.1, 0.15) is 11.9 Å². The van der Waals surface area contributed by atoms with Crippen molar-refractivity contribution in [2.75, 3.05) is 12.3 Å². The van der Waals surface area contributed by atoms with Gasteiger partial charge >= 0.3 is 0 Å². The number of benzene rings is 1. The van der Waals surface area contributed by atoms with Gasteiger partial charge in [-0.2, -0.15) is 0 Å². The smallest absolute Gasteiger partial charge is 0.124 e. The van der Waals surface area contributed by atoms with Gasteiger partial charge in [0.15, 0.2) is 0 Å². The number of aryl methyl sites for hydroxylation is 2. The van der Waals surface area contributed by atoms with Gasteiger partial charge < -0.3 is 15.2 Å². The molecule has 1 aromatic rings. The van der Waals surface area contributed by atoms with Crippen LogP contribution in [0.4, 0.5) is 5.69 Å². The molecule has 110 valence electrons. The van der Waals surface area contributed by atoms with E-state index in [-0.39, 0.29) is 11.7 Å². The van der Waals surface area contributed by atoms with Gasteiger partial charge in [0.2, 0.25) is 0 Å². The molecule has 0 radical (unpaired) electrons. The number of ether oxygens (including phenoxy) is 2. The van der Waals surface area contributed by atoms with Crippen LogP contribution < -0.4 is 10.5 Å². The van der Waals surface area contributed by atoms with Crippen LogP contribution in [-0.2, 0) is 4.74 Å². The molecule has 1 saturated carbocycles. The van der Waals surface area contributed by atoms with Crippen molar-refractivity contribution in [3.63, 3.8) is 0 Å². The topological polar surface area (TPSA) is 44.5 Å². The van der Waals surface area contributed by atoms with Crippen LogP contribution in [0.3, 0.4) is 0 Å². The number of nitrogens with two attached hydrogens (primary N) is 1. The van der Waals surface area contributed by atoms with Crippen molar-refractivity contribution >= 4 is 5.69 Å². The lowest BCUT2D eigenvalue weighted by Gasteiger charge is -2.38. The SMILES string of the molecule is Cc1cc(C)c(OC2CCOC3(CCCC3)C2)cc1N. The van der Waals surface area contributed by atoms with Gasteiger partial charge in [0.05, 0.1) is 12.2 Å². The lowest BCUT2D eigenvalue weighted by molar-refractivity contribution is -0.108. The molecular weight excluding hydrogens is 250 g/mol. The molecule has 0 aromatic heterocycles. The maximum Gasteiger partial charge on any atom is 0.124 e. The molecule has 2 fully saturated rings. The molecule has 1 aliphatic carbocycles. The molecule has 1 aromatic carbocycles. The third-order valence-electron chi connectivity index (χ3n) is 4.82. The minimum atomic E-state index is 0.104. The Morgan fingerprint density at radius 1 is 1.20 bits per heavy atom. The Hall–Kier alpha value is -1.22. The van der Waals surface area contributed by atoms with E-state index in [1.807, 2.05) is 13.0 Å². The molecule has 1 spiro atoms. The number of nitrogen functional groups attached to an aromatic ring is 1. The van der Waals surface area contributed by atoms with Gasteiger partial charge in [0.25, 0.3) is 0 Å². The first-order valence-electron chi connectivity index (χ1n) is 7.75. The summed E-state index contributed by atoms with van der Waals surface area (Å²) < 4.78 is 12.3. The zero-order valence-electron chi connectivity index (χ0n) is 12.6. The summed E-state index contributed by atoms with van der Waals surface area (Å²) >= 11 is 0. The normalized spacial score (nSPS) is 25.0. The van der Waals surface area contributed by atoms with Crippen LogP contribution in [0.2, 0.25) is 0 Å². The first-order chi connectivity index (χ1) is 9.58. The van der Waals surface area contributed by atoms with Crippen molar-refractivity contribution in [1.29, 1.82) is 0 Å². The van der Waals surface area contributed by atoms with E-state index in [1.165, 1.54) is 31.2 Å². The van der Waals surface area contributed by atoms with Gasteiger partial charge in [-0.1, -0.05) is 18.9 Å². The third-order valence-corrected chi connectivity index (χ3v) is 4.82. The molecule has 2 aliphatic rings. The molecule has 2 N–H and O–H groups in total. The Morgan fingerprint density at radius 2 is 1.95 bits per heavy atom. The van der Waals surface area contributed by atoms with Crippen LogP contribution in [-0.4, -0.2) is 18.3 Å². The molecule has 0 bridgehead atoms. The standard InChI is InChI=1S/C17H25NO2/c1-12-9-13(2)16(10-15(12)18)20-14-5-8-19-17(11-14)6-3-4-7-17/h9-10,14H,3-8,11,18H2,1-2H3. The second kappa shape index (κ2) is 5.28. The zero-order valence-corrected chi connectivity index (χ0v) is 12.6. The van der Waals surface area contributed by atoms with Crippen LogP contribution in [0.15, 0.2) is 12.1 Å². The highest BCUT2D eigenvalue weighted by molar-refractivity contribution is 5.54. The van der Waals surface area contributed by atoms with Gasteiger partial charge in [-0.15, -0.1) is 0 Å². The van der Waals surface area contributed by atoms with Crippen molar-refractivity contribution < 1.29 is 9.47 Å². The van der Waals surface area contributed by atoms with Gasteiger partial charge in [-0.25, -0.2) is 0 Å². The Bertz CT molecular complexity index is 492. The molecule has 1 aliphatic heterocycles. The molecular formula is C17H25NO2. The second-order valence-electron chi connectivity index (χ2n) is 6.45. The van der Waals surface area contributed by atoms with Gasteiger partial charge in [-0.3, -0.25) is 0 Å². The van der Waals surface area contributed by atoms with E-state index in [0.717, 1.165) is 36.4 Å². The predicted molar refractivity (Wildman–Crippen MR) is 81.1 cm³/mol. The highest BCUT2D eigenvalue weighted by atomic mass is 16.5. The monoisotopic (exact) mass is 275 g/mol. The summed E-state index contributed by atoms with van der Waals surface area (Å²) in [6.45, 7) is 4.95. The van der Waals surface area contributed by atoms with E-state index >= 15 is 0 Å². The second-order valence-corrected chi connectivity index (χ2v) is 6.45. The molecule has 1 unspecified atom stereocenters.